The van der Waals surface area contributed by atoms with Gasteiger partial charge < -0.3 is 14.1 Å². The van der Waals surface area contributed by atoms with E-state index in [0.717, 1.165) is 12.2 Å². The summed E-state index contributed by atoms with van der Waals surface area (Å²) in [5, 5.41) is 0. The van der Waals surface area contributed by atoms with Crippen LogP contribution >= 0.6 is 11.8 Å². The summed E-state index contributed by atoms with van der Waals surface area (Å²) in [4.78, 5) is 27.5. The number of likely N-dealkylation sites (tertiary alicyclic amines) is 1. The number of carbonyl (C=O) groups excluding carboxylic acids is 2. The van der Waals surface area contributed by atoms with Crippen LogP contribution in [-0.2, 0) is 20.7 Å². The molecule has 0 saturated carbocycles. The van der Waals surface area contributed by atoms with Crippen molar-refractivity contribution in [1.29, 1.82) is 0 Å². The highest BCUT2D eigenvalue weighted by atomic mass is 32.2. The first kappa shape index (κ1) is 21.5. The van der Waals surface area contributed by atoms with E-state index in [1.54, 1.807) is 22.7 Å². The second-order valence-electron chi connectivity index (χ2n) is 8.46. The number of thioether (sulfide) groups is 1. The quantitative estimate of drug-likeness (QED) is 0.510. The monoisotopic (exact) mass is 415 g/mol. The molecule has 156 valence electrons. The predicted molar refractivity (Wildman–Crippen MR) is 114 cm³/mol. The van der Waals surface area contributed by atoms with Crippen molar-refractivity contribution in [3.05, 3.63) is 53.0 Å². The topological polar surface area (TPSA) is 59.8 Å². The molecule has 2 heterocycles. The summed E-state index contributed by atoms with van der Waals surface area (Å²) >= 11 is 1.70. The van der Waals surface area contributed by atoms with Gasteiger partial charge in [-0.15, -0.1) is 11.8 Å². The second-order valence-corrected chi connectivity index (χ2v) is 9.48. The molecule has 0 radical (unpaired) electrons. The smallest absolute Gasteiger partial charge is 0.328 e. The van der Waals surface area contributed by atoms with Gasteiger partial charge in [-0.05, 0) is 54.5 Å². The van der Waals surface area contributed by atoms with Crippen molar-refractivity contribution < 1.29 is 18.7 Å². The first-order chi connectivity index (χ1) is 13.7. The highest BCUT2D eigenvalue weighted by Gasteiger charge is 2.36. The number of hydrogen-bond donors (Lipinski definition) is 0. The Balaban J connectivity index is 1.68. The lowest BCUT2D eigenvalue weighted by molar-refractivity contribution is -0.145. The van der Waals surface area contributed by atoms with Gasteiger partial charge in [0.1, 0.15) is 11.8 Å². The van der Waals surface area contributed by atoms with Crippen LogP contribution in [0.4, 0.5) is 0 Å². The number of rotatable bonds is 5. The van der Waals surface area contributed by atoms with Gasteiger partial charge in [0.15, 0.2) is 5.76 Å². The Morgan fingerprint density at radius 2 is 2.00 bits per heavy atom. The third-order valence-electron chi connectivity index (χ3n) is 5.28. The van der Waals surface area contributed by atoms with Crippen molar-refractivity contribution in [2.24, 2.45) is 0 Å². The standard InChI is InChI=1S/C23H29NO4S/c1-15-8-9-16(23(2,3)4)13-20(15)29-14-17-10-11-19(28-17)21(25)24-12-6-7-18(24)22(26)27-5/h8-11,13,18H,6-7,12,14H2,1-5H3. The normalized spacial score (nSPS) is 16.9. The van der Waals surface area contributed by atoms with Gasteiger partial charge in [0.25, 0.3) is 5.91 Å². The van der Waals surface area contributed by atoms with Gasteiger partial charge in [-0.25, -0.2) is 4.79 Å². The van der Waals surface area contributed by atoms with E-state index in [4.69, 9.17) is 9.15 Å². The lowest BCUT2D eigenvalue weighted by atomic mass is 9.87. The van der Waals surface area contributed by atoms with Crippen LogP contribution in [0, 0.1) is 6.92 Å². The fraction of sp³-hybridized carbons (Fsp3) is 0.478. The molecular formula is C23H29NO4S. The first-order valence-electron chi connectivity index (χ1n) is 9.92. The van der Waals surface area contributed by atoms with Gasteiger partial charge >= 0.3 is 5.97 Å². The molecule has 1 aromatic carbocycles. The lowest BCUT2D eigenvalue weighted by Gasteiger charge is -2.21. The summed E-state index contributed by atoms with van der Waals surface area (Å²) in [5.41, 5.74) is 2.62. The summed E-state index contributed by atoms with van der Waals surface area (Å²) < 4.78 is 10.6. The number of benzene rings is 1. The number of methoxy groups -OCH3 is 1. The molecule has 2 aromatic rings. The molecule has 1 amide bonds. The largest absolute Gasteiger partial charge is 0.467 e. The minimum absolute atomic E-state index is 0.0964. The van der Waals surface area contributed by atoms with E-state index in [9.17, 15) is 9.59 Å². The molecule has 1 aliphatic rings. The number of ether oxygens (including phenoxy) is 1. The van der Waals surface area contributed by atoms with E-state index < -0.39 is 6.04 Å². The van der Waals surface area contributed by atoms with Crippen molar-refractivity contribution >= 4 is 23.6 Å². The number of esters is 1. The molecule has 1 atom stereocenters. The Morgan fingerprint density at radius 1 is 1.24 bits per heavy atom. The van der Waals surface area contributed by atoms with Crippen LogP contribution in [0.15, 0.2) is 39.6 Å². The summed E-state index contributed by atoms with van der Waals surface area (Å²) in [6.45, 7) is 9.26. The summed E-state index contributed by atoms with van der Waals surface area (Å²) in [6.07, 6.45) is 1.42. The lowest BCUT2D eigenvalue weighted by Crippen LogP contribution is -2.40. The Morgan fingerprint density at radius 3 is 2.69 bits per heavy atom. The molecular weight excluding hydrogens is 386 g/mol. The van der Waals surface area contributed by atoms with Crippen LogP contribution in [0.3, 0.4) is 0 Å². The Kier molecular flexibility index (Phi) is 6.42. The number of amides is 1. The van der Waals surface area contributed by atoms with Crippen molar-refractivity contribution in [3.8, 4) is 0 Å². The Labute approximate surface area is 176 Å². The molecule has 29 heavy (non-hydrogen) atoms. The molecule has 1 saturated heterocycles. The minimum Gasteiger partial charge on any atom is -0.467 e. The SMILES string of the molecule is COC(=O)C1CCCN1C(=O)c1ccc(CSc2cc(C(C)(C)C)ccc2C)o1. The van der Waals surface area contributed by atoms with E-state index in [-0.39, 0.29) is 23.1 Å². The van der Waals surface area contributed by atoms with Crippen LogP contribution in [0.2, 0.25) is 0 Å². The average Bonchev–Trinajstić information content (AvgIpc) is 3.35. The van der Waals surface area contributed by atoms with E-state index in [2.05, 4.69) is 45.9 Å². The van der Waals surface area contributed by atoms with E-state index >= 15 is 0 Å². The highest BCUT2D eigenvalue weighted by Crippen LogP contribution is 2.32. The van der Waals surface area contributed by atoms with E-state index in [1.807, 2.05) is 6.07 Å². The maximum absolute atomic E-state index is 12.8. The summed E-state index contributed by atoms with van der Waals surface area (Å²) in [7, 11) is 1.35. The average molecular weight is 416 g/mol. The molecule has 0 N–H and O–H groups in total. The van der Waals surface area contributed by atoms with E-state index in [0.29, 0.717) is 18.7 Å². The zero-order valence-electron chi connectivity index (χ0n) is 17.8. The molecule has 0 spiro atoms. The third-order valence-corrected chi connectivity index (χ3v) is 6.46. The highest BCUT2D eigenvalue weighted by molar-refractivity contribution is 7.98. The summed E-state index contributed by atoms with van der Waals surface area (Å²) in [6, 6.07) is 9.59. The van der Waals surface area contributed by atoms with Crippen LogP contribution < -0.4 is 0 Å². The van der Waals surface area contributed by atoms with Gasteiger partial charge in [-0.2, -0.15) is 0 Å². The number of aryl methyl sites for hydroxylation is 1. The second kappa shape index (κ2) is 8.66. The molecule has 5 nitrogen and oxygen atoms in total. The number of hydrogen-bond acceptors (Lipinski definition) is 5. The van der Waals surface area contributed by atoms with Crippen molar-refractivity contribution in [3.63, 3.8) is 0 Å². The number of furan rings is 1. The van der Waals surface area contributed by atoms with Crippen LogP contribution in [0.5, 0.6) is 0 Å². The Bertz CT molecular complexity index is 897. The van der Waals surface area contributed by atoms with Gasteiger partial charge in [0, 0.05) is 11.4 Å². The Hall–Kier alpha value is -2.21. The van der Waals surface area contributed by atoms with Crippen LogP contribution in [0.25, 0.3) is 0 Å². The minimum atomic E-state index is -0.516. The van der Waals surface area contributed by atoms with Crippen molar-refractivity contribution in [2.75, 3.05) is 13.7 Å². The molecule has 0 aliphatic carbocycles. The van der Waals surface area contributed by atoms with Crippen LogP contribution in [-0.4, -0.2) is 36.5 Å². The zero-order valence-corrected chi connectivity index (χ0v) is 18.6. The molecule has 1 fully saturated rings. The van der Waals surface area contributed by atoms with Crippen molar-refractivity contribution in [1.82, 2.24) is 4.90 Å². The van der Waals surface area contributed by atoms with Gasteiger partial charge in [-0.1, -0.05) is 32.9 Å². The summed E-state index contributed by atoms with van der Waals surface area (Å²) in [5.74, 6) is 1.04. The van der Waals surface area contributed by atoms with Gasteiger partial charge in [0.2, 0.25) is 0 Å². The molecule has 1 aliphatic heterocycles. The number of carbonyl (C=O) groups is 2. The maximum atomic E-state index is 12.8. The fourth-order valence-corrected chi connectivity index (χ4v) is 4.43. The van der Waals surface area contributed by atoms with Crippen LogP contribution in [0.1, 0.15) is 61.1 Å². The fourth-order valence-electron chi connectivity index (χ4n) is 3.47. The molecule has 0 bridgehead atoms. The predicted octanol–water partition coefficient (Wildman–Crippen LogP) is 4.96. The van der Waals surface area contributed by atoms with E-state index in [1.165, 1.54) is 23.1 Å². The zero-order chi connectivity index (χ0) is 21.2. The molecule has 3 rings (SSSR count). The molecule has 1 unspecified atom stereocenters. The van der Waals surface area contributed by atoms with Gasteiger partial charge in [0.05, 0.1) is 12.9 Å². The van der Waals surface area contributed by atoms with Crippen molar-refractivity contribution in [2.45, 2.75) is 62.6 Å². The first-order valence-corrected chi connectivity index (χ1v) is 10.9. The number of nitrogens with zero attached hydrogens (tertiary/aromatic N) is 1. The molecule has 1 aromatic heterocycles. The molecule has 6 heteroatoms. The third kappa shape index (κ3) is 4.86. The maximum Gasteiger partial charge on any atom is 0.328 e. The van der Waals surface area contributed by atoms with Gasteiger partial charge in [-0.3, -0.25) is 4.79 Å².